The molecular formula is C13H12F2N4O2. The van der Waals surface area contributed by atoms with Gasteiger partial charge in [-0.05, 0) is 19.1 Å². The highest BCUT2D eigenvalue weighted by Gasteiger charge is 2.07. The van der Waals surface area contributed by atoms with Crippen LogP contribution in [0.3, 0.4) is 0 Å². The Morgan fingerprint density at radius 3 is 2.90 bits per heavy atom. The molecule has 2 N–H and O–H groups in total. The Labute approximate surface area is 118 Å². The van der Waals surface area contributed by atoms with Crippen LogP contribution in [0.5, 0.6) is 5.75 Å². The highest BCUT2D eigenvalue weighted by molar-refractivity contribution is 5.83. The van der Waals surface area contributed by atoms with Gasteiger partial charge in [-0.3, -0.25) is 9.78 Å². The minimum Gasteiger partial charge on any atom is -0.434 e. The second-order valence-electron chi connectivity index (χ2n) is 4.02. The molecule has 0 atom stereocenters. The van der Waals surface area contributed by atoms with Crippen LogP contribution in [0.25, 0.3) is 0 Å². The molecule has 6 nitrogen and oxygen atoms in total. The molecule has 0 aliphatic rings. The van der Waals surface area contributed by atoms with Crippen molar-refractivity contribution in [1.29, 1.82) is 0 Å². The predicted octanol–water partition coefficient (Wildman–Crippen LogP) is 2.13. The monoisotopic (exact) mass is 294 g/mol. The van der Waals surface area contributed by atoms with Gasteiger partial charge in [0.2, 0.25) is 5.95 Å². The minimum atomic E-state index is -2.91. The number of hydrazone groups is 1. The molecule has 0 aliphatic carbocycles. The molecule has 0 spiro atoms. The zero-order chi connectivity index (χ0) is 15.2. The second kappa shape index (κ2) is 6.60. The Morgan fingerprint density at radius 2 is 2.19 bits per heavy atom. The third-order valence-corrected chi connectivity index (χ3v) is 2.38. The van der Waals surface area contributed by atoms with Crippen LogP contribution in [-0.2, 0) is 0 Å². The molecule has 8 heteroatoms. The van der Waals surface area contributed by atoms with Gasteiger partial charge in [0.25, 0.3) is 5.56 Å². The highest BCUT2D eigenvalue weighted by Crippen LogP contribution is 2.18. The summed E-state index contributed by atoms with van der Waals surface area (Å²) >= 11 is 0. The number of nitrogens with zero attached hydrogens (tertiary/aromatic N) is 2. The summed E-state index contributed by atoms with van der Waals surface area (Å²) in [5.74, 6) is 0.159. The van der Waals surface area contributed by atoms with E-state index >= 15 is 0 Å². The average Bonchev–Trinajstić information content (AvgIpc) is 2.39. The van der Waals surface area contributed by atoms with Gasteiger partial charge in [0.15, 0.2) is 0 Å². The normalized spacial score (nSPS) is 11.0. The molecule has 0 bridgehead atoms. The summed E-state index contributed by atoms with van der Waals surface area (Å²) in [6.45, 7) is -1.25. The number of halogens is 2. The topological polar surface area (TPSA) is 79.4 Å². The maximum atomic E-state index is 12.2. The van der Waals surface area contributed by atoms with Crippen molar-refractivity contribution in [3.8, 4) is 5.75 Å². The zero-order valence-corrected chi connectivity index (χ0v) is 11.0. The number of aromatic nitrogens is 2. The van der Waals surface area contributed by atoms with Crippen molar-refractivity contribution < 1.29 is 13.5 Å². The van der Waals surface area contributed by atoms with Gasteiger partial charge in [-0.25, -0.2) is 10.4 Å². The molecule has 0 saturated heterocycles. The molecular weight excluding hydrogens is 282 g/mol. The Morgan fingerprint density at radius 1 is 1.43 bits per heavy atom. The van der Waals surface area contributed by atoms with E-state index in [-0.39, 0.29) is 17.3 Å². The first-order valence-electron chi connectivity index (χ1n) is 5.95. The number of H-pyrrole nitrogens is 1. The second-order valence-corrected chi connectivity index (χ2v) is 4.02. The maximum absolute atomic E-state index is 12.2. The number of para-hydroxylation sites is 1. The Balaban J connectivity index is 2.12. The summed E-state index contributed by atoms with van der Waals surface area (Å²) < 4.78 is 28.8. The fourth-order valence-corrected chi connectivity index (χ4v) is 1.59. The lowest BCUT2D eigenvalue weighted by atomic mass is 10.2. The summed E-state index contributed by atoms with van der Waals surface area (Å²) in [7, 11) is 0. The highest BCUT2D eigenvalue weighted by atomic mass is 19.3. The molecule has 110 valence electrons. The van der Waals surface area contributed by atoms with Crippen LogP contribution in [-0.4, -0.2) is 22.8 Å². The van der Waals surface area contributed by atoms with Gasteiger partial charge in [0.05, 0.1) is 6.21 Å². The van der Waals surface area contributed by atoms with E-state index < -0.39 is 6.61 Å². The van der Waals surface area contributed by atoms with Gasteiger partial charge in [-0.2, -0.15) is 13.9 Å². The van der Waals surface area contributed by atoms with Crippen molar-refractivity contribution in [2.75, 3.05) is 5.43 Å². The molecule has 0 fully saturated rings. The average molecular weight is 294 g/mol. The largest absolute Gasteiger partial charge is 0.434 e. The lowest BCUT2D eigenvalue weighted by molar-refractivity contribution is -0.0499. The third-order valence-electron chi connectivity index (χ3n) is 2.38. The smallest absolute Gasteiger partial charge is 0.387 e. The number of benzene rings is 1. The quantitative estimate of drug-likeness (QED) is 0.654. The molecule has 21 heavy (non-hydrogen) atoms. The predicted molar refractivity (Wildman–Crippen MR) is 73.9 cm³/mol. The summed E-state index contributed by atoms with van der Waals surface area (Å²) in [6.07, 6.45) is 1.29. The lowest BCUT2D eigenvalue weighted by Gasteiger charge is -2.07. The fourth-order valence-electron chi connectivity index (χ4n) is 1.59. The SMILES string of the molecule is Cc1cc(=O)[nH]c(N/N=C\c2ccccc2OC(F)F)n1. The number of rotatable bonds is 5. The van der Waals surface area contributed by atoms with E-state index in [0.717, 1.165) is 0 Å². The molecule has 0 saturated carbocycles. The number of hydrogen-bond donors (Lipinski definition) is 2. The van der Waals surface area contributed by atoms with Crippen LogP contribution < -0.4 is 15.7 Å². The standard InChI is InChI=1S/C13H12F2N4O2/c1-8-6-11(20)18-13(17-8)19-16-7-9-4-2-3-5-10(9)21-12(14)15/h2-7,12H,1H3,(H2,17,18,19,20)/b16-7-. The van der Waals surface area contributed by atoms with Crippen LogP contribution in [0, 0.1) is 6.92 Å². The van der Waals surface area contributed by atoms with E-state index in [2.05, 4.69) is 25.2 Å². The first kappa shape index (κ1) is 14.6. The minimum absolute atomic E-state index is 0.00347. The van der Waals surface area contributed by atoms with E-state index in [1.54, 1.807) is 25.1 Å². The number of nitrogens with one attached hydrogen (secondary N) is 2. The zero-order valence-electron chi connectivity index (χ0n) is 11.0. The van der Waals surface area contributed by atoms with E-state index in [9.17, 15) is 13.6 Å². The van der Waals surface area contributed by atoms with Gasteiger partial charge in [-0.15, -0.1) is 0 Å². The van der Waals surface area contributed by atoms with E-state index in [1.807, 2.05) is 0 Å². The van der Waals surface area contributed by atoms with Crippen molar-refractivity contribution in [3.63, 3.8) is 0 Å². The molecule has 0 amide bonds. The number of alkyl halides is 2. The van der Waals surface area contributed by atoms with Crippen LogP contribution in [0.4, 0.5) is 14.7 Å². The summed E-state index contributed by atoms with van der Waals surface area (Å²) in [5, 5.41) is 3.83. The maximum Gasteiger partial charge on any atom is 0.387 e. The summed E-state index contributed by atoms with van der Waals surface area (Å²) in [4.78, 5) is 17.7. The Bertz CT molecular complexity index is 701. The van der Waals surface area contributed by atoms with Gasteiger partial charge in [0.1, 0.15) is 5.75 Å². The fraction of sp³-hybridized carbons (Fsp3) is 0.154. The molecule has 1 aromatic heterocycles. The van der Waals surface area contributed by atoms with Crippen molar-refractivity contribution in [2.45, 2.75) is 13.5 Å². The summed E-state index contributed by atoms with van der Waals surface area (Å²) in [6, 6.07) is 7.53. The van der Waals surface area contributed by atoms with Crippen molar-refractivity contribution in [1.82, 2.24) is 9.97 Å². The number of hydrogen-bond acceptors (Lipinski definition) is 5. The van der Waals surface area contributed by atoms with Crippen molar-refractivity contribution in [2.24, 2.45) is 5.10 Å². The van der Waals surface area contributed by atoms with Gasteiger partial charge >= 0.3 is 6.61 Å². The molecule has 0 aliphatic heterocycles. The molecule has 0 unspecified atom stereocenters. The number of aromatic amines is 1. The first-order valence-corrected chi connectivity index (χ1v) is 5.95. The molecule has 1 aromatic carbocycles. The first-order chi connectivity index (χ1) is 10.0. The lowest BCUT2D eigenvalue weighted by Crippen LogP contribution is -2.10. The Hall–Kier alpha value is -2.77. The molecule has 1 heterocycles. The van der Waals surface area contributed by atoms with Crippen LogP contribution in [0.15, 0.2) is 40.2 Å². The molecule has 2 aromatic rings. The number of aryl methyl sites for hydroxylation is 1. The molecule has 0 radical (unpaired) electrons. The van der Waals surface area contributed by atoms with Crippen LogP contribution in [0.2, 0.25) is 0 Å². The van der Waals surface area contributed by atoms with Gasteiger partial charge < -0.3 is 4.74 Å². The Kier molecular flexibility index (Phi) is 4.60. The third kappa shape index (κ3) is 4.37. The molecule has 2 rings (SSSR count). The van der Waals surface area contributed by atoms with E-state index in [0.29, 0.717) is 11.3 Å². The summed E-state index contributed by atoms with van der Waals surface area (Å²) in [5.41, 5.74) is 3.08. The van der Waals surface area contributed by atoms with E-state index in [1.165, 1.54) is 18.3 Å². The van der Waals surface area contributed by atoms with Gasteiger partial charge in [-0.1, -0.05) is 12.1 Å². The van der Waals surface area contributed by atoms with Crippen LogP contribution in [0.1, 0.15) is 11.3 Å². The number of anilines is 1. The number of ether oxygens (including phenoxy) is 1. The van der Waals surface area contributed by atoms with Crippen molar-refractivity contribution >= 4 is 12.2 Å². The van der Waals surface area contributed by atoms with Gasteiger partial charge in [0, 0.05) is 17.3 Å². The van der Waals surface area contributed by atoms with Crippen LogP contribution >= 0.6 is 0 Å². The van der Waals surface area contributed by atoms with Crippen molar-refractivity contribution in [3.05, 3.63) is 51.9 Å². The van der Waals surface area contributed by atoms with E-state index in [4.69, 9.17) is 0 Å².